The number of halogens is 3. The van der Waals surface area contributed by atoms with Crippen molar-refractivity contribution in [2.75, 3.05) is 38.2 Å². The molecule has 144 valence electrons. The molecule has 1 aliphatic heterocycles. The smallest absolute Gasteiger partial charge is 0.433 e. The fraction of sp³-hybridized carbons (Fsp3) is 0.368. The highest BCUT2D eigenvalue weighted by Gasteiger charge is 2.33. The van der Waals surface area contributed by atoms with Crippen LogP contribution in [0.15, 0.2) is 36.4 Å². The second-order valence-corrected chi connectivity index (χ2v) is 6.28. The molecular weight excluding hydrogens is 359 g/mol. The minimum atomic E-state index is -4.52. The zero-order valence-corrected chi connectivity index (χ0v) is 15.1. The number of hydrogen-bond donors (Lipinski definition) is 0. The summed E-state index contributed by atoms with van der Waals surface area (Å²) in [5.74, 6) is 0.466. The zero-order valence-electron chi connectivity index (χ0n) is 15.1. The summed E-state index contributed by atoms with van der Waals surface area (Å²) in [4.78, 5) is 20.0. The number of aryl methyl sites for hydroxylation is 1. The summed E-state index contributed by atoms with van der Waals surface area (Å²) in [6, 6.07) is 9.71. The van der Waals surface area contributed by atoms with Gasteiger partial charge in [0.05, 0.1) is 24.1 Å². The molecule has 2 heterocycles. The molecule has 1 saturated heterocycles. The monoisotopic (exact) mass is 379 g/mol. The Bertz CT molecular complexity index is 831. The number of rotatable bonds is 3. The van der Waals surface area contributed by atoms with Crippen LogP contribution in [-0.2, 0) is 6.18 Å². The Balaban J connectivity index is 1.70. The van der Waals surface area contributed by atoms with Crippen LogP contribution in [0, 0.1) is 6.92 Å². The van der Waals surface area contributed by atoms with Gasteiger partial charge in [0.25, 0.3) is 5.91 Å². The van der Waals surface area contributed by atoms with Gasteiger partial charge in [0.2, 0.25) is 0 Å². The number of para-hydroxylation sites is 2. The molecule has 5 nitrogen and oxygen atoms in total. The molecule has 1 fully saturated rings. The van der Waals surface area contributed by atoms with Gasteiger partial charge >= 0.3 is 6.18 Å². The molecule has 0 radical (unpaired) electrons. The number of pyridine rings is 1. The van der Waals surface area contributed by atoms with Crippen LogP contribution in [0.25, 0.3) is 0 Å². The van der Waals surface area contributed by atoms with Crippen molar-refractivity contribution in [3.8, 4) is 5.75 Å². The number of amides is 1. The molecule has 0 N–H and O–H groups in total. The fourth-order valence-electron chi connectivity index (χ4n) is 3.16. The van der Waals surface area contributed by atoms with E-state index in [9.17, 15) is 18.0 Å². The molecule has 3 rings (SSSR count). The third-order valence-electron chi connectivity index (χ3n) is 4.60. The van der Waals surface area contributed by atoms with Gasteiger partial charge in [-0.05, 0) is 31.2 Å². The van der Waals surface area contributed by atoms with Gasteiger partial charge in [-0.2, -0.15) is 13.2 Å². The van der Waals surface area contributed by atoms with Crippen LogP contribution in [0.1, 0.15) is 21.7 Å². The van der Waals surface area contributed by atoms with Gasteiger partial charge in [0.1, 0.15) is 11.4 Å². The van der Waals surface area contributed by atoms with Crippen LogP contribution in [0.2, 0.25) is 0 Å². The largest absolute Gasteiger partial charge is 0.495 e. The average Bonchev–Trinajstić information content (AvgIpc) is 2.67. The van der Waals surface area contributed by atoms with Gasteiger partial charge in [-0.3, -0.25) is 4.79 Å². The summed E-state index contributed by atoms with van der Waals surface area (Å²) in [5.41, 5.74) is 0.257. The molecule has 0 saturated carbocycles. The molecule has 0 aliphatic carbocycles. The molecule has 1 amide bonds. The molecule has 0 spiro atoms. The van der Waals surface area contributed by atoms with Crippen molar-refractivity contribution >= 4 is 11.6 Å². The maximum atomic E-state index is 12.7. The Morgan fingerprint density at radius 2 is 1.74 bits per heavy atom. The van der Waals surface area contributed by atoms with Gasteiger partial charge in [-0.1, -0.05) is 12.1 Å². The van der Waals surface area contributed by atoms with Gasteiger partial charge in [0.15, 0.2) is 0 Å². The van der Waals surface area contributed by atoms with Gasteiger partial charge in [-0.25, -0.2) is 4.98 Å². The van der Waals surface area contributed by atoms with Crippen LogP contribution in [0.4, 0.5) is 18.9 Å². The summed E-state index contributed by atoms with van der Waals surface area (Å²) < 4.78 is 43.6. The molecule has 0 atom stereocenters. The van der Waals surface area contributed by atoms with E-state index < -0.39 is 11.9 Å². The number of piperazine rings is 1. The number of methoxy groups -OCH3 is 1. The Labute approximate surface area is 155 Å². The lowest BCUT2D eigenvalue weighted by molar-refractivity contribution is -0.141. The summed E-state index contributed by atoms with van der Waals surface area (Å²) >= 11 is 0. The van der Waals surface area contributed by atoms with E-state index in [1.165, 1.54) is 13.0 Å². The van der Waals surface area contributed by atoms with Crippen LogP contribution in [-0.4, -0.2) is 49.1 Å². The molecule has 2 aromatic rings. The van der Waals surface area contributed by atoms with Gasteiger partial charge in [-0.15, -0.1) is 0 Å². The minimum absolute atomic E-state index is 0.0852. The second-order valence-electron chi connectivity index (χ2n) is 6.28. The highest BCUT2D eigenvalue weighted by atomic mass is 19.4. The average molecular weight is 379 g/mol. The number of nitrogens with zero attached hydrogens (tertiary/aromatic N) is 3. The predicted octanol–water partition coefficient (Wildman–Crippen LogP) is 3.38. The van der Waals surface area contributed by atoms with Gasteiger partial charge < -0.3 is 14.5 Å². The first-order valence-electron chi connectivity index (χ1n) is 8.53. The highest BCUT2D eigenvalue weighted by Crippen LogP contribution is 2.30. The maximum absolute atomic E-state index is 12.7. The Morgan fingerprint density at radius 1 is 1.07 bits per heavy atom. The zero-order chi connectivity index (χ0) is 19.6. The van der Waals surface area contributed by atoms with E-state index in [4.69, 9.17) is 4.74 Å². The van der Waals surface area contributed by atoms with E-state index in [-0.39, 0.29) is 17.2 Å². The molecule has 1 aromatic carbocycles. The lowest BCUT2D eigenvalue weighted by Gasteiger charge is -2.36. The Kier molecular flexibility index (Phi) is 5.25. The third-order valence-corrected chi connectivity index (χ3v) is 4.60. The lowest BCUT2D eigenvalue weighted by Crippen LogP contribution is -2.49. The number of ether oxygens (including phenoxy) is 1. The lowest BCUT2D eigenvalue weighted by atomic mass is 10.1. The predicted molar refractivity (Wildman–Crippen MR) is 95.1 cm³/mol. The number of alkyl halides is 3. The third kappa shape index (κ3) is 3.99. The fourth-order valence-corrected chi connectivity index (χ4v) is 3.16. The van der Waals surface area contributed by atoms with E-state index in [1.54, 1.807) is 12.0 Å². The normalized spacial score (nSPS) is 15.0. The van der Waals surface area contributed by atoms with Crippen molar-refractivity contribution in [1.29, 1.82) is 0 Å². The number of carbonyl (C=O) groups excluding carboxylic acids is 1. The first-order valence-corrected chi connectivity index (χ1v) is 8.53. The molecule has 0 unspecified atom stereocenters. The van der Waals surface area contributed by atoms with Crippen molar-refractivity contribution in [3.63, 3.8) is 0 Å². The van der Waals surface area contributed by atoms with Crippen LogP contribution >= 0.6 is 0 Å². The first kappa shape index (κ1) is 19.0. The molecule has 8 heteroatoms. The van der Waals surface area contributed by atoms with E-state index >= 15 is 0 Å². The molecule has 1 aliphatic rings. The van der Waals surface area contributed by atoms with E-state index in [0.29, 0.717) is 26.2 Å². The van der Waals surface area contributed by atoms with Crippen molar-refractivity contribution in [2.45, 2.75) is 13.1 Å². The van der Waals surface area contributed by atoms with Crippen molar-refractivity contribution in [3.05, 3.63) is 53.3 Å². The van der Waals surface area contributed by atoms with E-state index in [1.807, 2.05) is 24.3 Å². The molecular formula is C19H20F3N3O2. The summed E-state index contributed by atoms with van der Waals surface area (Å²) in [7, 11) is 1.61. The van der Waals surface area contributed by atoms with Gasteiger partial charge in [0, 0.05) is 26.2 Å². The molecule has 27 heavy (non-hydrogen) atoms. The number of carbonyl (C=O) groups is 1. The number of aromatic nitrogens is 1. The van der Waals surface area contributed by atoms with E-state index in [0.717, 1.165) is 17.5 Å². The summed E-state index contributed by atoms with van der Waals surface area (Å²) in [5, 5.41) is 0. The Hall–Kier alpha value is -2.77. The van der Waals surface area contributed by atoms with Crippen LogP contribution < -0.4 is 9.64 Å². The summed E-state index contributed by atoms with van der Waals surface area (Å²) in [6.07, 6.45) is -4.52. The Morgan fingerprint density at radius 3 is 2.33 bits per heavy atom. The van der Waals surface area contributed by atoms with Crippen LogP contribution in [0.5, 0.6) is 5.75 Å². The van der Waals surface area contributed by atoms with Crippen molar-refractivity contribution in [2.24, 2.45) is 0 Å². The first-order chi connectivity index (χ1) is 12.8. The van der Waals surface area contributed by atoms with Crippen LogP contribution in [0.3, 0.4) is 0 Å². The number of anilines is 1. The standard InChI is InChI=1S/C19H20F3N3O2/c1-13-14(7-8-17(23-13)19(20,21)22)18(26)25-11-9-24(10-12-25)15-5-3-4-6-16(15)27-2/h3-8H,9-12H2,1-2H3. The van der Waals surface area contributed by atoms with E-state index in [2.05, 4.69) is 9.88 Å². The summed E-state index contributed by atoms with van der Waals surface area (Å²) in [6.45, 7) is 3.58. The molecule has 1 aromatic heterocycles. The highest BCUT2D eigenvalue weighted by molar-refractivity contribution is 5.95. The topological polar surface area (TPSA) is 45.7 Å². The second kappa shape index (κ2) is 7.46. The minimum Gasteiger partial charge on any atom is -0.495 e. The maximum Gasteiger partial charge on any atom is 0.433 e. The van der Waals surface area contributed by atoms with Crippen molar-refractivity contribution in [1.82, 2.24) is 9.88 Å². The molecule has 0 bridgehead atoms. The SMILES string of the molecule is COc1ccccc1N1CCN(C(=O)c2ccc(C(F)(F)F)nc2C)CC1. The van der Waals surface area contributed by atoms with Crippen molar-refractivity contribution < 1.29 is 22.7 Å². The number of benzene rings is 1. The quantitative estimate of drug-likeness (QED) is 0.820. The number of hydrogen-bond acceptors (Lipinski definition) is 4.